The molecule has 1 rings (SSSR count). The minimum absolute atomic E-state index is 0.0172. The second-order valence-corrected chi connectivity index (χ2v) is 4.93. The van der Waals surface area contributed by atoms with E-state index in [1.165, 1.54) is 0 Å². The standard InChI is InChI=1S/C11H20N2O2/c1-5-11(3,4)7-13-8(2)10(15)12-6-9(13)14/h8H,5-7H2,1-4H3,(H,12,15). The first-order valence-corrected chi connectivity index (χ1v) is 5.44. The fourth-order valence-corrected chi connectivity index (χ4v) is 1.57. The summed E-state index contributed by atoms with van der Waals surface area (Å²) in [7, 11) is 0. The number of hydrogen-bond acceptors (Lipinski definition) is 2. The second-order valence-electron chi connectivity index (χ2n) is 4.93. The van der Waals surface area contributed by atoms with Crippen LogP contribution in [0.3, 0.4) is 0 Å². The van der Waals surface area contributed by atoms with Gasteiger partial charge in [-0.3, -0.25) is 9.59 Å². The number of carbonyl (C=O) groups is 2. The van der Waals surface area contributed by atoms with Gasteiger partial charge in [0.15, 0.2) is 0 Å². The molecule has 1 atom stereocenters. The molecule has 2 amide bonds. The highest BCUT2D eigenvalue weighted by Gasteiger charge is 2.33. The molecule has 86 valence electrons. The molecule has 0 aromatic rings. The zero-order valence-corrected chi connectivity index (χ0v) is 9.96. The van der Waals surface area contributed by atoms with E-state index in [-0.39, 0.29) is 29.8 Å². The van der Waals surface area contributed by atoms with Crippen molar-refractivity contribution in [1.82, 2.24) is 10.2 Å². The Morgan fingerprint density at radius 1 is 1.47 bits per heavy atom. The number of piperazine rings is 1. The third kappa shape index (κ3) is 2.70. The number of nitrogens with one attached hydrogen (secondary N) is 1. The molecule has 0 aromatic carbocycles. The van der Waals surface area contributed by atoms with Gasteiger partial charge in [-0.25, -0.2) is 0 Å². The zero-order chi connectivity index (χ0) is 11.6. The van der Waals surface area contributed by atoms with Crippen molar-refractivity contribution in [3.05, 3.63) is 0 Å². The SMILES string of the molecule is CCC(C)(C)CN1C(=O)CNC(=O)C1C. The van der Waals surface area contributed by atoms with Gasteiger partial charge in [0.2, 0.25) is 11.8 Å². The fourth-order valence-electron chi connectivity index (χ4n) is 1.57. The van der Waals surface area contributed by atoms with Crippen LogP contribution in [0.1, 0.15) is 34.1 Å². The van der Waals surface area contributed by atoms with E-state index in [9.17, 15) is 9.59 Å². The second kappa shape index (κ2) is 4.21. The van der Waals surface area contributed by atoms with Gasteiger partial charge in [-0.2, -0.15) is 0 Å². The predicted molar refractivity (Wildman–Crippen MR) is 58.3 cm³/mol. The van der Waals surface area contributed by atoms with Gasteiger partial charge in [-0.05, 0) is 18.8 Å². The Morgan fingerprint density at radius 2 is 2.07 bits per heavy atom. The first-order chi connectivity index (χ1) is 6.87. The molecule has 0 aliphatic carbocycles. The summed E-state index contributed by atoms with van der Waals surface area (Å²) >= 11 is 0. The molecule has 4 heteroatoms. The van der Waals surface area contributed by atoms with Crippen molar-refractivity contribution in [2.24, 2.45) is 5.41 Å². The number of rotatable bonds is 3. The van der Waals surface area contributed by atoms with Crippen LogP contribution in [0.25, 0.3) is 0 Å². The van der Waals surface area contributed by atoms with E-state index in [0.29, 0.717) is 6.54 Å². The molecular formula is C11H20N2O2. The molecule has 1 N–H and O–H groups in total. The molecule has 1 fully saturated rings. The summed E-state index contributed by atoms with van der Waals surface area (Å²) in [6, 6.07) is -0.336. The summed E-state index contributed by atoms with van der Waals surface area (Å²) in [6.45, 7) is 8.89. The van der Waals surface area contributed by atoms with Crippen molar-refractivity contribution >= 4 is 11.8 Å². The lowest BCUT2D eigenvalue weighted by Gasteiger charge is -2.38. The van der Waals surface area contributed by atoms with Gasteiger partial charge >= 0.3 is 0 Å². The normalized spacial score (nSPS) is 22.9. The van der Waals surface area contributed by atoms with Crippen LogP contribution in [0.5, 0.6) is 0 Å². The molecule has 0 saturated carbocycles. The van der Waals surface area contributed by atoms with Crippen molar-refractivity contribution in [1.29, 1.82) is 0 Å². The molecule has 1 saturated heterocycles. The highest BCUT2D eigenvalue weighted by Crippen LogP contribution is 2.23. The molecule has 0 bridgehead atoms. The van der Waals surface area contributed by atoms with Crippen LogP contribution >= 0.6 is 0 Å². The maximum absolute atomic E-state index is 11.7. The molecule has 0 radical (unpaired) electrons. The molecule has 1 aliphatic heterocycles. The molecule has 0 spiro atoms. The number of hydrogen-bond donors (Lipinski definition) is 1. The smallest absolute Gasteiger partial charge is 0.242 e. The monoisotopic (exact) mass is 212 g/mol. The average molecular weight is 212 g/mol. The predicted octanol–water partition coefficient (Wildman–Crippen LogP) is 0.769. The topological polar surface area (TPSA) is 49.4 Å². The highest BCUT2D eigenvalue weighted by atomic mass is 16.2. The lowest BCUT2D eigenvalue weighted by molar-refractivity contribution is -0.146. The zero-order valence-electron chi connectivity index (χ0n) is 9.96. The van der Waals surface area contributed by atoms with E-state index in [4.69, 9.17) is 0 Å². The molecule has 1 unspecified atom stereocenters. The van der Waals surface area contributed by atoms with Gasteiger partial charge in [0, 0.05) is 6.54 Å². The molecule has 1 aliphatic rings. The Labute approximate surface area is 91.0 Å². The van der Waals surface area contributed by atoms with Gasteiger partial charge < -0.3 is 10.2 Å². The Bertz CT molecular complexity index is 274. The van der Waals surface area contributed by atoms with Gasteiger partial charge in [0.1, 0.15) is 6.04 Å². The Kier molecular flexibility index (Phi) is 3.37. The molecule has 1 heterocycles. The third-order valence-corrected chi connectivity index (χ3v) is 3.14. The van der Waals surface area contributed by atoms with E-state index in [1.54, 1.807) is 11.8 Å². The van der Waals surface area contributed by atoms with Crippen LogP contribution in [0.4, 0.5) is 0 Å². The van der Waals surface area contributed by atoms with E-state index in [2.05, 4.69) is 26.1 Å². The largest absolute Gasteiger partial charge is 0.345 e. The van der Waals surface area contributed by atoms with Crippen LogP contribution in [0, 0.1) is 5.41 Å². The van der Waals surface area contributed by atoms with Crippen molar-refractivity contribution in [2.75, 3.05) is 13.1 Å². The summed E-state index contributed by atoms with van der Waals surface area (Å²) in [4.78, 5) is 24.8. The molecule has 15 heavy (non-hydrogen) atoms. The Morgan fingerprint density at radius 3 is 2.60 bits per heavy atom. The summed E-state index contributed by atoms with van der Waals surface area (Å²) in [5.74, 6) is -0.0369. The average Bonchev–Trinajstić information content (AvgIpc) is 2.19. The van der Waals surface area contributed by atoms with E-state index in [0.717, 1.165) is 6.42 Å². The van der Waals surface area contributed by atoms with Gasteiger partial charge in [0.05, 0.1) is 6.54 Å². The van der Waals surface area contributed by atoms with Crippen molar-refractivity contribution in [2.45, 2.75) is 40.2 Å². The van der Waals surface area contributed by atoms with Crippen molar-refractivity contribution in [3.63, 3.8) is 0 Å². The lowest BCUT2D eigenvalue weighted by Crippen LogP contribution is -2.58. The van der Waals surface area contributed by atoms with Crippen LogP contribution in [-0.2, 0) is 9.59 Å². The summed E-state index contributed by atoms with van der Waals surface area (Å²) < 4.78 is 0. The highest BCUT2D eigenvalue weighted by molar-refractivity contribution is 5.94. The van der Waals surface area contributed by atoms with Crippen LogP contribution in [0.15, 0.2) is 0 Å². The van der Waals surface area contributed by atoms with Crippen LogP contribution in [-0.4, -0.2) is 35.8 Å². The summed E-state index contributed by atoms with van der Waals surface area (Å²) in [6.07, 6.45) is 0.991. The Hall–Kier alpha value is -1.06. The maximum atomic E-state index is 11.7. The van der Waals surface area contributed by atoms with Crippen molar-refractivity contribution < 1.29 is 9.59 Å². The quantitative estimate of drug-likeness (QED) is 0.751. The van der Waals surface area contributed by atoms with E-state index >= 15 is 0 Å². The summed E-state index contributed by atoms with van der Waals surface area (Å²) in [5.41, 5.74) is 0.0710. The minimum Gasteiger partial charge on any atom is -0.345 e. The Balaban J connectivity index is 2.73. The first-order valence-electron chi connectivity index (χ1n) is 5.44. The van der Waals surface area contributed by atoms with Crippen LogP contribution in [0.2, 0.25) is 0 Å². The lowest BCUT2D eigenvalue weighted by atomic mass is 9.89. The van der Waals surface area contributed by atoms with Gasteiger partial charge in [-0.15, -0.1) is 0 Å². The number of carbonyl (C=O) groups excluding carboxylic acids is 2. The first kappa shape index (κ1) is 12.0. The number of amides is 2. The summed E-state index contributed by atoms with van der Waals surface area (Å²) in [5, 5.41) is 2.59. The third-order valence-electron chi connectivity index (χ3n) is 3.14. The van der Waals surface area contributed by atoms with Crippen molar-refractivity contribution in [3.8, 4) is 0 Å². The number of nitrogens with zero attached hydrogens (tertiary/aromatic N) is 1. The maximum Gasteiger partial charge on any atom is 0.242 e. The van der Waals surface area contributed by atoms with Gasteiger partial charge in [0.25, 0.3) is 0 Å². The van der Waals surface area contributed by atoms with Crippen LogP contribution < -0.4 is 5.32 Å². The van der Waals surface area contributed by atoms with E-state index < -0.39 is 0 Å². The minimum atomic E-state index is -0.336. The fraction of sp³-hybridized carbons (Fsp3) is 0.818. The molecular weight excluding hydrogens is 192 g/mol. The molecule has 4 nitrogen and oxygen atoms in total. The van der Waals surface area contributed by atoms with E-state index in [1.807, 2.05) is 0 Å². The molecule has 0 aromatic heterocycles. The van der Waals surface area contributed by atoms with Gasteiger partial charge in [-0.1, -0.05) is 20.8 Å².